The van der Waals surface area contributed by atoms with Crippen molar-refractivity contribution in [2.24, 2.45) is 0 Å². The molecule has 0 bridgehead atoms. The first-order valence-electron chi connectivity index (χ1n) is 9.28. The van der Waals surface area contributed by atoms with Gasteiger partial charge in [-0.1, -0.05) is 41.4 Å². The Labute approximate surface area is 190 Å². The van der Waals surface area contributed by atoms with Gasteiger partial charge in [0.1, 0.15) is 6.61 Å². The maximum absolute atomic E-state index is 6.11. The monoisotopic (exact) mass is 493 g/mol. The second-order valence-electron chi connectivity index (χ2n) is 6.57. The number of ether oxygens (including phenoxy) is 2. The van der Waals surface area contributed by atoms with Gasteiger partial charge in [-0.15, -0.1) is 0 Å². The second kappa shape index (κ2) is 10.2. The summed E-state index contributed by atoms with van der Waals surface area (Å²) in [6.07, 6.45) is 0. The predicted octanol–water partition coefficient (Wildman–Crippen LogP) is 7.65. The van der Waals surface area contributed by atoms with Crippen molar-refractivity contribution in [1.82, 2.24) is 0 Å². The van der Waals surface area contributed by atoms with Crippen molar-refractivity contribution in [1.29, 1.82) is 0 Å². The zero-order valence-electron chi connectivity index (χ0n) is 16.3. The Bertz CT molecular complexity index is 995. The Balaban J connectivity index is 1.77. The van der Waals surface area contributed by atoms with Gasteiger partial charge in [0.25, 0.3) is 0 Å². The lowest BCUT2D eigenvalue weighted by Gasteiger charge is -2.17. The van der Waals surface area contributed by atoms with Gasteiger partial charge >= 0.3 is 0 Å². The van der Waals surface area contributed by atoms with Gasteiger partial charge in [0.2, 0.25) is 0 Å². The van der Waals surface area contributed by atoms with Crippen LogP contribution in [0.4, 0.5) is 5.69 Å². The fraction of sp³-hybridized carbons (Fsp3) is 0.217. The highest BCUT2D eigenvalue weighted by Crippen LogP contribution is 2.38. The molecule has 0 aliphatic carbocycles. The maximum Gasteiger partial charge on any atom is 0.175 e. The molecule has 0 aliphatic heterocycles. The Morgan fingerprint density at radius 2 is 1.72 bits per heavy atom. The van der Waals surface area contributed by atoms with Crippen molar-refractivity contribution in [3.8, 4) is 11.5 Å². The molecule has 1 N–H and O–H groups in total. The Hall–Kier alpha value is -1.88. The molecule has 0 unspecified atom stereocenters. The molecule has 6 heteroatoms. The molecule has 0 atom stereocenters. The first kappa shape index (κ1) is 21.8. The Morgan fingerprint density at radius 3 is 2.48 bits per heavy atom. The highest BCUT2D eigenvalue weighted by Gasteiger charge is 2.13. The lowest BCUT2D eigenvalue weighted by Crippen LogP contribution is -2.04. The minimum Gasteiger partial charge on any atom is -0.490 e. The molecule has 29 heavy (non-hydrogen) atoms. The average Bonchev–Trinajstić information content (AvgIpc) is 2.68. The molecular weight excluding hydrogens is 473 g/mol. The van der Waals surface area contributed by atoms with Crippen molar-refractivity contribution in [2.75, 3.05) is 11.9 Å². The minimum atomic E-state index is 0.401. The van der Waals surface area contributed by atoms with E-state index >= 15 is 0 Å². The largest absolute Gasteiger partial charge is 0.490 e. The fourth-order valence-electron chi connectivity index (χ4n) is 2.89. The molecule has 152 valence electrons. The number of nitrogens with one attached hydrogen (secondary N) is 1. The van der Waals surface area contributed by atoms with Crippen molar-refractivity contribution < 1.29 is 9.47 Å². The van der Waals surface area contributed by atoms with Gasteiger partial charge in [-0.2, -0.15) is 0 Å². The van der Waals surface area contributed by atoms with Crippen LogP contribution >= 0.6 is 39.1 Å². The van der Waals surface area contributed by atoms with Crippen LogP contribution in [0.1, 0.15) is 23.6 Å². The summed E-state index contributed by atoms with van der Waals surface area (Å²) < 4.78 is 12.7. The van der Waals surface area contributed by atoms with Crippen LogP contribution in [0.25, 0.3) is 0 Å². The third-order valence-electron chi connectivity index (χ3n) is 4.32. The molecule has 0 saturated heterocycles. The molecule has 3 aromatic rings. The molecule has 0 aliphatic rings. The molecule has 0 spiro atoms. The highest BCUT2D eigenvalue weighted by molar-refractivity contribution is 9.10. The van der Waals surface area contributed by atoms with Crippen molar-refractivity contribution in [2.45, 2.75) is 27.0 Å². The Kier molecular flexibility index (Phi) is 7.70. The van der Waals surface area contributed by atoms with Crippen LogP contribution in [0.2, 0.25) is 10.0 Å². The number of hydrogen-bond acceptors (Lipinski definition) is 3. The minimum absolute atomic E-state index is 0.401. The van der Waals surface area contributed by atoms with Crippen molar-refractivity contribution in [3.05, 3.63) is 85.8 Å². The second-order valence-corrected chi connectivity index (χ2v) is 8.30. The molecule has 0 aromatic heterocycles. The third-order valence-corrected chi connectivity index (χ3v) is 5.38. The summed E-state index contributed by atoms with van der Waals surface area (Å²) in [5.74, 6) is 1.37. The SMILES string of the molecule is CCOc1cc(CNc2cc(Cl)ccc2C)cc(Br)c1OCc1cccc(Cl)c1. The molecule has 0 heterocycles. The van der Waals surface area contributed by atoms with E-state index in [0.29, 0.717) is 41.3 Å². The topological polar surface area (TPSA) is 30.5 Å². The average molecular weight is 495 g/mol. The van der Waals surface area contributed by atoms with Crippen molar-refractivity contribution in [3.63, 3.8) is 0 Å². The number of hydrogen-bond donors (Lipinski definition) is 1. The molecular formula is C23H22BrCl2NO2. The van der Waals surface area contributed by atoms with Gasteiger partial charge in [-0.3, -0.25) is 0 Å². The Morgan fingerprint density at radius 1 is 0.931 bits per heavy atom. The number of halogens is 3. The van der Waals surface area contributed by atoms with E-state index in [1.54, 1.807) is 0 Å². The van der Waals surface area contributed by atoms with Crippen LogP contribution < -0.4 is 14.8 Å². The van der Waals surface area contributed by atoms with E-state index in [0.717, 1.165) is 26.9 Å². The van der Waals surface area contributed by atoms with Gasteiger partial charge in [0, 0.05) is 22.3 Å². The lowest BCUT2D eigenvalue weighted by atomic mass is 10.1. The summed E-state index contributed by atoms with van der Waals surface area (Å²) in [6.45, 7) is 5.58. The molecule has 3 rings (SSSR count). The smallest absolute Gasteiger partial charge is 0.175 e. The van der Waals surface area contributed by atoms with E-state index in [9.17, 15) is 0 Å². The molecule has 0 radical (unpaired) electrons. The summed E-state index contributed by atoms with van der Waals surface area (Å²) in [6, 6.07) is 17.5. The normalized spacial score (nSPS) is 10.7. The summed E-state index contributed by atoms with van der Waals surface area (Å²) in [7, 11) is 0. The van der Waals surface area contributed by atoms with Crippen LogP contribution in [0.3, 0.4) is 0 Å². The first-order valence-corrected chi connectivity index (χ1v) is 10.8. The van der Waals surface area contributed by atoms with Crippen LogP contribution in [0.15, 0.2) is 59.1 Å². The van der Waals surface area contributed by atoms with Gasteiger partial charge in [-0.25, -0.2) is 0 Å². The van der Waals surface area contributed by atoms with E-state index in [4.69, 9.17) is 32.7 Å². The first-order chi connectivity index (χ1) is 14.0. The summed E-state index contributed by atoms with van der Waals surface area (Å²) in [5.41, 5.74) is 4.21. The summed E-state index contributed by atoms with van der Waals surface area (Å²) >= 11 is 15.8. The summed E-state index contributed by atoms with van der Waals surface area (Å²) in [4.78, 5) is 0. The van der Waals surface area contributed by atoms with Gasteiger partial charge in [0.15, 0.2) is 11.5 Å². The number of rotatable bonds is 8. The maximum atomic E-state index is 6.11. The van der Waals surface area contributed by atoms with Crippen molar-refractivity contribution >= 4 is 44.8 Å². The molecule has 3 aromatic carbocycles. The standard InChI is InChI=1S/C23H22BrCl2NO2/c1-3-28-22-11-17(13-27-21-12-19(26)8-7-15(21)2)10-20(24)23(22)29-14-16-5-4-6-18(25)9-16/h4-12,27H,3,13-14H2,1-2H3. The van der Waals surface area contributed by atoms with E-state index in [2.05, 4.69) is 21.2 Å². The highest BCUT2D eigenvalue weighted by atomic mass is 79.9. The zero-order chi connectivity index (χ0) is 20.8. The number of benzene rings is 3. The van der Waals surface area contributed by atoms with Crippen LogP contribution in [-0.4, -0.2) is 6.61 Å². The van der Waals surface area contributed by atoms with Gasteiger partial charge in [-0.05, 0) is 82.9 Å². The van der Waals surface area contributed by atoms with E-state index < -0.39 is 0 Å². The summed E-state index contributed by atoms with van der Waals surface area (Å²) in [5, 5.41) is 4.83. The van der Waals surface area contributed by atoms with E-state index in [-0.39, 0.29) is 0 Å². The van der Waals surface area contributed by atoms with Crippen LogP contribution in [0, 0.1) is 6.92 Å². The lowest BCUT2D eigenvalue weighted by molar-refractivity contribution is 0.267. The quantitative estimate of drug-likeness (QED) is 0.348. The molecule has 0 saturated carbocycles. The van der Waals surface area contributed by atoms with Crippen LogP contribution in [0.5, 0.6) is 11.5 Å². The molecule has 3 nitrogen and oxygen atoms in total. The predicted molar refractivity (Wildman–Crippen MR) is 125 cm³/mol. The number of aryl methyl sites for hydroxylation is 1. The van der Waals surface area contributed by atoms with E-state index in [1.807, 2.05) is 68.4 Å². The molecule has 0 fully saturated rings. The zero-order valence-corrected chi connectivity index (χ0v) is 19.4. The van der Waals surface area contributed by atoms with Gasteiger partial charge < -0.3 is 14.8 Å². The number of anilines is 1. The fourth-order valence-corrected chi connectivity index (χ4v) is 3.88. The van der Waals surface area contributed by atoms with Crippen LogP contribution in [-0.2, 0) is 13.2 Å². The van der Waals surface area contributed by atoms with Gasteiger partial charge in [0.05, 0.1) is 11.1 Å². The molecule has 0 amide bonds. The third kappa shape index (κ3) is 6.05. The van der Waals surface area contributed by atoms with E-state index in [1.165, 1.54) is 0 Å².